The van der Waals surface area contributed by atoms with Gasteiger partial charge in [0.05, 0.1) is 22.2 Å². The van der Waals surface area contributed by atoms with Crippen LogP contribution in [0.1, 0.15) is 22.8 Å². The van der Waals surface area contributed by atoms with Crippen molar-refractivity contribution >= 4 is 39.2 Å². The number of benzene rings is 1. The number of rotatable bonds is 4. The first-order chi connectivity index (χ1) is 12.1. The molecule has 124 valence electrons. The van der Waals surface area contributed by atoms with Gasteiger partial charge in [-0.3, -0.25) is 14.8 Å². The molecule has 1 aromatic carbocycles. The van der Waals surface area contributed by atoms with Crippen LogP contribution in [0.15, 0.2) is 42.0 Å². The van der Waals surface area contributed by atoms with Crippen LogP contribution in [0.25, 0.3) is 11.0 Å². The van der Waals surface area contributed by atoms with E-state index >= 15 is 0 Å². The fourth-order valence-corrected chi connectivity index (χ4v) is 2.82. The van der Waals surface area contributed by atoms with Crippen molar-refractivity contribution in [2.45, 2.75) is 13.0 Å². The molecule has 0 saturated carbocycles. The van der Waals surface area contributed by atoms with Crippen molar-refractivity contribution < 1.29 is 14.3 Å². The van der Waals surface area contributed by atoms with Gasteiger partial charge in [0.1, 0.15) is 11.1 Å². The Morgan fingerprint density at radius 3 is 2.76 bits per heavy atom. The van der Waals surface area contributed by atoms with E-state index in [1.54, 1.807) is 35.8 Å². The van der Waals surface area contributed by atoms with Gasteiger partial charge >= 0.3 is 5.97 Å². The molecule has 0 saturated heterocycles. The molecule has 1 atom stereocenters. The summed E-state index contributed by atoms with van der Waals surface area (Å²) in [6, 6.07) is 8.37. The highest BCUT2D eigenvalue weighted by Crippen LogP contribution is 2.22. The number of esters is 1. The Morgan fingerprint density at radius 1 is 1.24 bits per heavy atom. The second-order valence-electron chi connectivity index (χ2n) is 5.07. The van der Waals surface area contributed by atoms with Gasteiger partial charge in [-0.1, -0.05) is 0 Å². The molecule has 0 fully saturated rings. The predicted octanol–water partition coefficient (Wildman–Crippen LogP) is 2.75. The normalized spacial score (nSPS) is 11.5. The number of hydrogen-bond acceptors (Lipinski definition) is 7. The number of nitrogens with zero attached hydrogens (tertiary/aromatic N) is 3. The molecule has 1 amide bonds. The monoisotopic (exact) mass is 352 g/mol. The van der Waals surface area contributed by atoms with E-state index in [1.807, 2.05) is 6.07 Å². The highest BCUT2D eigenvalue weighted by atomic mass is 32.1. The van der Waals surface area contributed by atoms with Crippen molar-refractivity contribution in [1.29, 1.82) is 5.26 Å². The molecule has 0 bridgehead atoms. The molecule has 3 aromatic rings. The Hall–Kier alpha value is -3.31. The van der Waals surface area contributed by atoms with Gasteiger partial charge in [-0.05, 0) is 36.6 Å². The topological polar surface area (TPSA) is 105 Å². The lowest BCUT2D eigenvalue weighted by Gasteiger charge is -2.13. The molecular weight excluding hydrogens is 340 g/mol. The number of aromatic nitrogens is 2. The molecule has 7 nitrogen and oxygen atoms in total. The highest BCUT2D eigenvalue weighted by Gasteiger charge is 2.20. The Labute approximate surface area is 146 Å². The largest absolute Gasteiger partial charge is 0.449 e. The van der Waals surface area contributed by atoms with E-state index in [2.05, 4.69) is 15.3 Å². The summed E-state index contributed by atoms with van der Waals surface area (Å²) in [6.07, 6.45) is 2.08. The quantitative estimate of drug-likeness (QED) is 0.724. The van der Waals surface area contributed by atoms with Crippen LogP contribution in [0.5, 0.6) is 0 Å². The van der Waals surface area contributed by atoms with E-state index in [9.17, 15) is 9.59 Å². The molecule has 1 N–H and O–H groups in total. The summed E-state index contributed by atoms with van der Waals surface area (Å²) in [5.41, 5.74) is 1.87. The minimum atomic E-state index is -1.02. The lowest BCUT2D eigenvalue weighted by molar-refractivity contribution is -0.123. The maximum Gasteiger partial charge on any atom is 0.338 e. The van der Waals surface area contributed by atoms with Gasteiger partial charge in [0, 0.05) is 12.4 Å². The number of amides is 1. The summed E-state index contributed by atoms with van der Waals surface area (Å²) in [5.74, 6) is -1.14. The molecule has 3 rings (SSSR count). The SMILES string of the molecule is C[C@H](OC(=O)c1ccc2nccnc2c1)C(=O)Nc1sccc1C#N. The van der Waals surface area contributed by atoms with Gasteiger partial charge in [0.15, 0.2) is 6.10 Å². The first-order valence-electron chi connectivity index (χ1n) is 7.28. The number of fused-ring (bicyclic) bond motifs is 1. The summed E-state index contributed by atoms with van der Waals surface area (Å²) in [4.78, 5) is 32.6. The lowest BCUT2D eigenvalue weighted by Crippen LogP contribution is -2.29. The molecule has 25 heavy (non-hydrogen) atoms. The number of hydrogen-bond donors (Lipinski definition) is 1. The second kappa shape index (κ2) is 7.07. The van der Waals surface area contributed by atoms with Crippen LogP contribution in [-0.4, -0.2) is 27.9 Å². The fourth-order valence-electron chi connectivity index (χ4n) is 2.08. The Balaban J connectivity index is 1.68. The number of nitriles is 1. The number of nitrogens with one attached hydrogen (secondary N) is 1. The molecule has 0 unspecified atom stereocenters. The summed E-state index contributed by atoms with van der Waals surface area (Å²) in [5, 5.41) is 13.7. The summed E-state index contributed by atoms with van der Waals surface area (Å²) in [6.45, 7) is 1.47. The zero-order valence-electron chi connectivity index (χ0n) is 13.1. The molecular formula is C17H12N4O3S. The summed E-state index contributed by atoms with van der Waals surface area (Å²) in [7, 11) is 0. The average molecular weight is 352 g/mol. The van der Waals surface area contributed by atoms with Crippen molar-refractivity contribution in [3.8, 4) is 6.07 Å². The molecule has 2 aromatic heterocycles. The molecule has 0 aliphatic heterocycles. The first kappa shape index (κ1) is 16.5. The lowest BCUT2D eigenvalue weighted by atomic mass is 10.2. The average Bonchev–Trinajstić information content (AvgIpc) is 3.08. The molecule has 2 heterocycles. The van der Waals surface area contributed by atoms with Crippen LogP contribution < -0.4 is 5.32 Å². The van der Waals surface area contributed by atoms with Gasteiger partial charge in [-0.25, -0.2) is 4.79 Å². The summed E-state index contributed by atoms with van der Waals surface area (Å²) >= 11 is 1.23. The second-order valence-corrected chi connectivity index (χ2v) is 5.99. The fraction of sp³-hybridized carbons (Fsp3) is 0.118. The van der Waals surface area contributed by atoms with E-state index < -0.39 is 18.0 Å². The van der Waals surface area contributed by atoms with Crippen LogP contribution in [0.3, 0.4) is 0 Å². The third-order valence-corrected chi connectivity index (χ3v) is 4.21. The maximum atomic E-state index is 12.2. The number of carbonyl (C=O) groups is 2. The van der Waals surface area contributed by atoms with Crippen molar-refractivity contribution in [1.82, 2.24) is 9.97 Å². The van der Waals surface area contributed by atoms with Gasteiger partial charge in [0.25, 0.3) is 5.91 Å². The number of carbonyl (C=O) groups excluding carboxylic acids is 2. The van der Waals surface area contributed by atoms with Crippen molar-refractivity contribution in [3.05, 3.63) is 53.2 Å². The molecule has 8 heteroatoms. The standard InChI is InChI=1S/C17H12N4O3S/c1-10(15(22)21-16-12(9-18)4-7-25-16)24-17(23)11-2-3-13-14(8-11)20-6-5-19-13/h2-8,10H,1H3,(H,21,22)/t10-/m0/s1. The molecule has 0 aliphatic carbocycles. The van der Waals surface area contributed by atoms with E-state index in [-0.39, 0.29) is 5.56 Å². The Kier molecular flexibility index (Phi) is 4.68. The van der Waals surface area contributed by atoms with E-state index in [0.29, 0.717) is 21.6 Å². The number of anilines is 1. The van der Waals surface area contributed by atoms with Crippen molar-refractivity contribution in [2.24, 2.45) is 0 Å². The third kappa shape index (κ3) is 3.62. The predicted molar refractivity (Wildman–Crippen MR) is 92.1 cm³/mol. The number of ether oxygens (including phenoxy) is 1. The van der Waals surface area contributed by atoms with Gasteiger partial charge < -0.3 is 10.1 Å². The van der Waals surface area contributed by atoms with E-state index in [0.717, 1.165) is 0 Å². The Morgan fingerprint density at radius 2 is 2.00 bits per heavy atom. The van der Waals surface area contributed by atoms with Crippen LogP contribution in [-0.2, 0) is 9.53 Å². The molecule has 0 spiro atoms. The van der Waals surface area contributed by atoms with Gasteiger partial charge in [-0.15, -0.1) is 11.3 Å². The van der Waals surface area contributed by atoms with Crippen LogP contribution in [0, 0.1) is 11.3 Å². The van der Waals surface area contributed by atoms with E-state index in [1.165, 1.54) is 24.5 Å². The zero-order valence-corrected chi connectivity index (χ0v) is 13.9. The van der Waals surface area contributed by atoms with Gasteiger partial charge in [0.2, 0.25) is 0 Å². The van der Waals surface area contributed by atoms with Crippen LogP contribution in [0.4, 0.5) is 5.00 Å². The highest BCUT2D eigenvalue weighted by molar-refractivity contribution is 7.14. The summed E-state index contributed by atoms with van der Waals surface area (Å²) < 4.78 is 5.19. The minimum Gasteiger partial charge on any atom is -0.449 e. The minimum absolute atomic E-state index is 0.279. The molecule has 0 aliphatic rings. The van der Waals surface area contributed by atoms with Crippen LogP contribution in [0.2, 0.25) is 0 Å². The smallest absolute Gasteiger partial charge is 0.338 e. The molecule has 0 radical (unpaired) electrons. The zero-order chi connectivity index (χ0) is 17.8. The van der Waals surface area contributed by atoms with Gasteiger partial charge in [-0.2, -0.15) is 5.26 Å². The maximum absolute atomic E-state index is 12.2. The third-order valence-electron chi connectivity index (χ3n) is 3.38. The van der Waals surface area contributed by atoms with E-state index in [4.69, 9.17) is 10.00 Å². The van der Waals surface area contributed by atoms with Crippen molar-refractivity contribution in [2.75, 3.05) is 5.32 Å². The Bertz CT molecular complexity index is 993. The van der Waals surface area contributed by atoms with Crippen molar-refractivity contribution in [3.63, 3.8) is 0 Å². The first-order valence-corrected chi connectivity index (χ1v) is 8.16. The number of thiophene rings is 1. The van der Waals surface area contributed by atoms with Crippen LogP contribution >= 0.6 is 11.3 Å².